The van der Waals surface area contributed by atoms with E-state index >= 15 is 0 Å². The molecular weight excluding hydrogens is 380 g/mol. The Kier molecular flexibility index (Phi) is 6.00. The van der Waals surface area contributed by atoms with Gasteiger partial charge in [0.1, 0.15) is 10.6 Å². The molecule has 2 heterocycles. The highest BCUT2D eigenvalue weighted by Crippen LogP contribution is 2.32. The lowest BCUT2D eigenvalue weighted by atomic mass is 9.99. The lowest BCUT2D eigenvalue weighted by Crippen LogP contribution is -2.29. The molecule has 0 N–H and O–H groups in total. The molecule has 0 amide bonds. The van der Waals surface area contributed by atoms with Gasteiger partial charge in [0, 0.05) is 25.5 Å². The van der Waals surface area contributed by atoms with E-state index in [4.69, 9.17) is 9.47 Å². The molecule has 3 rings (SSSR count). The van der Waals surface area contributed by atoms with Gasteiger partial charge in [-0.15, -0.1) is 0 Å². The van der Waals surface area contributed by atoms with Gasteiger partial charge in [-0.05, 0) is 55.0 Å². The van der Waals surface area contributed by atoms with Gasteiger partial charge in [0.2, 0.25) is 10.0 Å². The van der Waals surface area contributed by atoms with Gasteiger partial charge in [0.25, 0.3) is 0 Å². The van der Waals surface area contributed by atoms with Gasteiger partial charge in [-0.1, -0.05) is 6.07 Å². The summed E-state index contributed by atoms with van der Waals surface area (Å²) >= 11 is 0. The number of sulfonamides is 1. The molecule has 1 unspecified atom stereocenters. The van der Waals surface area contributed by atoms with Crippen LogP contribution in [0.3, 0.4) is 0 Å². The molecule has 0 aliphatic carbocycles. The third kappa shape index (κ3) is 4.18. The molecule has 1 aromatic heterocycles. The molecule has 28 heavy (non-hydrogen) atoms. The molecule has 2 aromatic rings. The molecule has 7 nitrogen and oxygen atoms in total. The van der Waals surface area contributed by atoms with E-state index in [1.807, 2.05) is 13.0 Å². The Labute approximate surface area is 165 Å². The van der Waals surface area contributed by atoms with E-state index in [-0.39, 0.29) is 10.8 Å². The molecule has 0 radical (unpaired) electrons. The number of pyridine rings is 1. The van der Waals surface area contributed by atoms with Gasteiger partial charge in [0.15, 0.2) is 0 Å². The number of rotatable bonds is 6. The number of hydrogen-bond donors (Lipinski definition) is 0. The van der Waals surface area contributed by atoms with Crippen LogP contribution in [0.1, 0.15) is 27.9 Å². The molecule has 0 saturated carbocycles. The van der Waals surface area contributed by atoms with E-state index in [0.717, 1.165) is 17.5 Å². The van der Waals surface area contributed by atoms with Crippen LogP contribution in [0.4, 0.5) is 0 Å². The maximum Gasteiger partial charge on any atom is 0.339 e. The predicted molar refractivity (Wildman–Crippen MR) is 104 cm³/mol. The second-order valence-electron chi connectivity index (χ2n) is 6.95. The first-order valence-electron chi connectivity index (χ1n) is 9.02. The Morgan fingerprint density at radius 3 is 2.75 bits per heavy atom. The van der Waals surface area contributed by atoms with E-state index < -0.39 is 16.0 Å². The zero-order valence-electron chi connectivity index (χ0n) is 16.2. The molecule has 1 atom stereocenters. The van der Waals surface area contributed by atoms with Gasteiger partial charge < -0.3 is 9.47 Å². The average molecular weight is 404 g/mol. The number of nitrogens with zero attached hydrogens (tertiary/aromatic N) is 2. The van der Waals surface area contributed by atoms with Gasteiger partial charge >= 0.3 is 5.97 Å². The third-order valence-electron chi connectivity index (χ3n) is 4.93. The highest BCUT2D eigenvalue weighted by atomic mass is 32.2. The molecule has 1 aromatic carbocycles. The highest BCUT2D eigenvalue weighted by Gasteiger charge is 2.34. The average Bonchev–Trinajstić information content (AvgIpc) is 3.17. The number of esters is 1. The van der Waals surface area contributed by atoms with Crippen LogP contribution in [0.25, 0.3) is 0 Å². The molecule has 150 valence electrons. The summed E-state index contributed by atoms with van der Waals surface area (Å²) in [5, 5.41) is 0. The minimum absolute atomic E-state index is 0.153. The number of aromatic nitrogens is 1. The fourth-order valence-electron chi connectivity index (χ4n) is 3.47. The maximum absolute atomic E-state index is 13.1. The van der Waals surface area contributed by atoms with Crippen molar-refractivity contribution in [3.8, 4) is 5.75 Å². The lowest BCUT2D eigenvalue weighted by Gasteiger charge is -2.19. The fraction of sp³-hybridized carbons (Fsp3) is 0.400. The standard InChI is InChI=1S/C20H24N2O5S/c1-14-4-5-18(26-2)19(8-14)28(24,25)22-7-6-15(13-22)9-16-10-17(12-21-11-16)20(23)27-3/h4-5,8,10-12,15H,6-7,9,13H2,1-3H3. The molecule has 8 heteroatoms. The van der Waals surface area contributed by atoms with Crippen molar-refractivity contribution in [3.05, 3.63) is 53.3 Å². The number of ether oxygens (including phenoxy) is 2. The minimum atomic E-state index is -3.64. The molecule has 0 bridgehead atoms. The first-order chi connectivity index (χ1) is 13.3. The van der Waals surface area contributed by atoms with Crippen molar-refractivity contribution in [1.29, 1.82) is 0 Å². The van der Waals surface area contributed by atoms with Gasteiger partial charge in [-0.25, -0.2) is 13.2 Å². The number of benzene rings is 1. The van der Waals surface area contributed by atoms with Crippen LogP contribution in [0.5, 0.6) is 5.75 Å². The van der Waals surface area contributed by atoms with E-state index in [2.05, 4.69) is 4.98 Å². The number of methoxy groups -OCH3 is 2. The molecular formula is C20H24N2O5S. The summed E-state index contributed by atoms with van der Waals surface area (Å²) in [4.78, 5) is 16.0. The minimum Gasteiger partial charge on any atom is -0.495 e. The largest absolute Gasteiger partial charge is 0.495 e. The first-order valence-corrected chi connectivity index (χ1v) is 10.5. The predicted octanol–water partition coefficient (Wildman–Crippen LogP) is 2.44. The van der Waals surface area contributed by atoms with Crippen LogP contribution in [0.15, 0.2) is 41.6 Å². The quantitative estimate of drug-likeness (QED) is 0.688. The van der Waals surface area contributed by atoms with Crippen molar-refractivity contribution in [1.82, 2.24) is 9.29 Å². The Morgan fingerprint density at radius 2 is 2.04 bits per heavy atom. The number of carbonyl (C=O) groups excluding carboxylic acids is 1. The Hall–Kier alpha value is -2.45. The van der Waals surface area contributed by atoms with Crippen LogP contribution >= 0.6 is 0 Å². The molecule has 1 aliphatic rings. The summed E-state index contributed by atoms with van der Waals surface area (Å²) in [7, 11) is -0.838. The zero-order valence-corrected chi connectivity index (χ0v) is 17.0. The first kappa shape index (κ1) is 20.3. The summed E-state index contributed by atoms with van der Waals surface area (Å²) in [5.74, 6) is 0.0702. The van der Waals surface area contributed by atoms with Gasteiger partial charge in [0.05, 0.1) is 19.8 Å². The molecule has 1 aliphatic heterocycles. The number of carbonyl (C=O) groups is 1. The molecule has 1 fully saturated rings. The van der Waals surface area contributed by atoms with E-state index in [1.165, 1.54) is 24.7 Å². The zero-order chi connectivity index (χ0) is 20.3. The van der Waals surface area contributed by atoms with Crippen molar-refractivity contribution in [2.45, 2.75) is 24.7 Å². The van der Waals surface area contributed by atoms with Crippen LogP contribution in [-0.2, 0) is 21.2 Å². The van der Waals surface area contributed by atoms with E-state index in [9.17, 15) is 13.2 Å². The Balaban J connectivity index is 1.75. The third-order valence-corrected chi connectivity index (χ3v) is 6.81. The van der Waals surface area contributed by atoms with Crippen LogP contribution in [0, 0.1) is 12.8 Å². The maximum atomic E-state index is 13.1. The highest BCUT2D eigenvalue weighted by molar-refractivity contribution is 7.89. The number of aryl methyl sites for hydroxylation is 1. The van der Waals surface area contributed by atoms with Crippen molar-refractivity contribution in [2.75, 3.05) is 27.3 Å². The SMILES string of the molecule is COC(=O)c1cncc(CC2CCN(S(=O)(=O)c3cc(C)ccc3OC)C2)c1. The van der Waals surface area contributed by atoms with Crippen LogP contribution < -0.4 is 4.74 Å². The fourth-order valence-corrected chi connectivity index (χ4v) is 5.24. The van der Waals surface area contributed by atoms with E-state index in [0.29, 0.717) is 30.8 Å². The monoisotopic (exact) mass is 404 g/mol. The molecule has 0 spiro atoms. The van der Waals surface area contributed by atoms with Crippen molar-refractivity contribution >= 4 is 16.0 Å². The Bertz CT molecular complexity index is 974. The topological polar surface area (TPSA) is 85.8 Å². The van der Waals surface area contributed by atoms with Crippen molar-refractivity contribution < 1.29 is 22.7 Å². The van der Waals surface area contributed by atoms with Gasteiger partial charge in [-0.3, -0.25) is 4.98 Å². The van der Waals surface area contributed by atoms with Crippen molar-refractivity contribution in [3.63, 3.8) is 0 Å². The van der Waals surface area contributed by atoms with Crippen LogP contribution in [-0.4, -0.2) is 51.0 Å². The molecule has 1 saturated heterocycles. The summed E-state index contributed by atoms with van der Waals surface area (Å²) in [6, 6.07) is 6.90. The second kappa shape index (κ2) is 8.28. The lowest BCUT2D eigenvalue weighted by molar-refractivity contribution is 0.0600. The van der Waals surface area contributed by atoms with Crippen molar-refractivity contribution in [2.24, 2.45) is 5.92 Å². The summed E-state index contributed by atoms with van der Waals surface area (Å²) in [5.41, 5.74) is 2.15. The summed E-state index contributed by atoms with van der Waals surface area (Å²) in [6.45, 7) is 2.72. The van der Waals surface area contributed by atoms with Crippen LogP contribution in [0.2, 0.25) is 0 Å². The summed E-state index contributed by atoms with van der Waals surface area (Å²) < 4.78 is 37.7. The Morgan fingerprint density at radius 1 is 1.25 bits per heavy atom. The number of hydrogen-bond acceptors (Lipinski definition) is 6. The van der Waals surface area contributed by atoms with E-state index in [1.54, 1.807) is 24.4 Å². The second-order valence-corrected chi connectivity index (χ2v) is 8.86. The van der Waals surface area contributed by atoms with Gasteiger partial charge in [-0.2, -0.15) is 4.31 Å². The smallest absolute Gasteiger partial charge is 0.339 e. The summed E-state index contributed by atoms with van der Waals surface area (Å²) in [6.07, 6.45) is 4.56. The normalized spacial score (nSPS) is 17.5.